The second-order valence-corrected chi connectivity index (χ2v) is 5.02. The highest BCUT2D eigenvalue weighted by Crippen LogP contribution is 2.21. The lowest BCUT2D eigenvalue weighted by Crippen LogP contribution is -2.14. The van der Waals surface area contributed by atoms with Gasteiger partial charge < -0.3 is 9.73 Å². The summed E-state index contributed by atoms with van der Waals surface area (Å²) in [7, 11) is 0. The maximum Gasteiger partial charge on any atom is 0.256 e. The Morgan fingerprint density at radius 2 is 1.75 bits per heavy atom. The molecule has 0 atom stereocenters. The highest BCUT2D eigenvalue weighted by Gasteiger charge is 2.14. The Bertz CT molecular complexity index is 872. The molecule has 0 bridgehead atoms. The van der Waals surface area contributed by atoms with Crippen LogP contribution in [0.2, 0.25) is 0 Å². The van der Waals surface area contributed by atoms with Crippen molar-refractivity contribution in [3.8, 4) is 0 Å². The van der Waals surface area contributed by atoms with Gasteiger partial charge in [0.1, 0.15) is 5.76 Å². The predicted octanol–water partition coefficient (Wildman–Crippen LogP) is 4.74. The Hall–Kier alpha value is -3.21. The number of halogens is 2. The largest absolute Gasteiger partial charge is 0.465 e. The van der Waals surface area contributed by atoms with Crippen LogP contribution >= 0.6 is 0 Å². The van der Waals surface area contributed by atoms with Crippen LogP contribution in [-0.4, -0.2) is 5.91 Å². The van der Waals surface area contributed by atoms with Gasteiger partial charge >= 0.3 is 0 Å². The maximum atomic E-state index is 13.3. The number of furan rings is 1. The fourth-order valence-electron chi connectivity index (χ4n) is 2.19. The van der Waals surface area contributed by atoms with E-state index in [0.29, 0.717) is 16.9 Å². The minimum atomic E-state index is -1.02. The standard InChI is InChI=1S/C19H13F2NO2/c20-17-9-8-14(11-18(17)21)22-19(23)16(12-15-7-4-10-24-15)13-5-2-1-3-6-13/h1-12H,(H,22,23). The molecule has 1 amide bonds. The molecule has 0 saturated heterocycles. The molecule has 1 heterocycles. The number of rotatable bonds is 4. The molecule has 0 aliphatic carbocycles. The average molecular weight is 325 g/mol. The summed E-state index contributed by atoms with van der Waals surface area (Å²) >= 11 is 0. The van der Waals surface area contributed by atoms with E-state index in [1.165, 1.54) is 12.3 Å². The van der Waals surface area contributed by atoms with Gasteiger partial charge in [-0.25, -0.2) is 8.78 Å². The minimum Gasteiger partial charge on any atom is -0.465 e. The molecule has 1 N–H and O–H groups in total. The first-order valence-corrected chi connectivity index (χ1v) is 7.20. The molecule has 0 spiro atoms. The molecule has 0 unspecified atom stereocenters. The van der Waals surface area contributed by atoms with Gasteiger partial charge in [0, 0.05) is 11.8 Å². The molecule has 0 radical (unpaired) electrons. The van der Waals surface area contributed by atoms with Crippen molar-refractivity contribution in [3.05, 3.63) is 89.9 Å². The monoisotopic (exact) mass is 325 g/mol. The van der Waals surface area contributed by atoms with E-state index in [2.05, 4.69) is 5.32 Å². The molecular weight excluding hydrogens is 312 g/mol. The molecule has 0 aliphatic rings. The number of hydrogen-bond donors (Lipinski definition) is 1. The first-order valence-electron chi connectivity index (χ1n) is 7.20. The lowest BCUT2D eigenvalue weighted by atomic mass is 10.0. The summed E-state index contributed by atoms with van der Waals surface area (Å²) in [5.41, 5.74) is 1.18. The van der Waals surface area contributed by atoms with Gasteiger partial charge in [0.25, 0.3) is 5.91 Å². The summed E-state index contributed by atoms with van der Waals surface area (Å²) in [5.74, 6) is -1.94. The number of anilines is 1. The molecule has 0 fully saturated rings. The molecule has 3 aromatic rings. The van der Waals surface area contributed by atoms with Crippen LogP contribution in [0.4, 0.5) is 14.5 Å². The normalized spacial score (nSPS) is 11.3. The zero-order valence-electron chi connectivity index (χ0n) is 12.5. The van der Waals surface area contributed by atoms with Crippen molar-refractivity contribution in [1.29, 1.82) is 0 Å². The van der Waals surface area contributed by atoms with E-state index in [1.807, 2.05) is 6.07 Å². The first-order chi connectivity index (χ1) is 11.6. The van der Waals surface area contributed by atoms with Crippen LogP contribution in [0.5, 0.6) is 0 Å². The van der Waals surface area contributed by atoms with Gasteiger partial charge in [-0.1, -0.05) is 30.3 Å². The van der Waals surface area contributed by atoms with Crippen molar-refractivity contribution < 1.29 is 18.0 Å². The lowest BCUT2D eigenvalue weighted by Gasteiger charge is -2.09. The number of amides is 1. The third kappa shape index (κ3) is 3.57. The average Bonchev–Trinajstić information content (AvgIpc) is 3.10. The van der Waals surface area contributed by atoms with Gasteiger partial charge in [0.2, 0.25) is 0 Å². The quantitative estimate of drug-likeness (QED) is 0.704. The van der Waals surface area contributed by atoms with Crippen LogP contribution in [-0.2, 0) is 4.79 Å². The van der Waals surface area contributed by atoms with Gasteiger partial charge in [-0.15, -0.1) is 0 Å². The fourth-order valence-corrected chi connectivity index (χ4v) is 2.19. The highest BCUT2D eigenvalue weighted by molar-refractivity contribution is 6.29. The van der Waals surface area contributed by atoms with E-state index < -0.39 is 17.5 Å². The van der Waals surface area contributed by atoms with Crippen molar-refractivity contribution in [2.45, 2.75) is 0 Å². The SMILES string of the molecule is O=C(Nc1ccc(F)c(F)c1)C(=Cc1ccco1)c1ccccc1. The lowest BCUT2D eigenvalue weighted by molar-refractivity contribution is -0.111. The summed E-state index contributed by atoms with van der Waals surface area (Å²) < 4.78 is 31.6. The van der Waals surface area contributed by atoms with Crippen molar-refractivity contribution >= 4 is 23.2 Å². The second-order valence-electron chi connectivity index (χ2n) is 5.02. The molecule has 1 aromatic heterocycles. The van der Waals surface area contributed by atoms with Gasteiger partial charge in [0.15, 0.2) is 11.6 Å². The number of carbonyl (C=O) groups is 1. The van der Waals surface area contributed by atoms with E-state index in [9.17, 15) is 13.6 Å². The van der Waals surface area contributed by atoms with Crippen molar-refractivity contribution in [2.75, 3.05) is 5.32 Å². The third-order valence-corrected chi connectivity index (χ3v) is 3.34. The van der Waals surface area contributed by atoms with Crippen molar-refractivity contribution in [1.82, 2.24) is 0 Å². The summed E-state index contributed by atoms with van der Waals surface area (Å²) in [6.07, 6.45) is 3.09. The van der Waals surface area contributed by atoms with Gasteiger partial charge in [-0.2, -0.15) is 0 Å². The predicted molar refractivity (Wildman–Crippen MR) is 88.0 cm³/mol. The molecule has 0 aliphatic heterocycles. The Labute approximate surface area is 137 Å². The molecule has 120 valence electrons. The Balaban J connectivity index is 1.93. The smallest absolute Gasteiger partial charge is 0.256 e. The summed E-state index contributed by atoms with van der Waals surface area (Å²) in [4.78, 5) is 12.6. The van der Waals surface area contributed by atoms with Gasteiger partial charge in [-0.05, 0) is 35.9 Å². The number of nitrogens with one attached hydrogen (secondary N) is 1. The van der Waals surface area contributed by atoms with Crippen molar-refractivity contribution in [2.24, 2.45) is 0 Å². The molecule has 24 heavy (non-hydrogen) atoms. The zero-order valence-corrected chi connectivity index (χ0v) is 12.5. The Morgan fingerprint density at radius 1 is 0.958 bits per heavy atom. The number of benzene rings is 2. The molecule has 5 heteroatoms. The van der Waals surface area contributed by atoms with Crippen LogP contribution in [0, 0.1) is 11.6 Å². The summed E-state index contributed by atoms with van der Waals surface area (Å²) in [6, 6.07) is 15.6. The van der Waals surface area contributed by atoms with Crippen LogP contribution in [0.15, 0.2) is 71.3 Å². The zero-order chi connectivity index (χ0) is 16.9. The van der Waals surface area contributed by atoms with Crippen LogP contribution in [0.25, 0.3) is 11.6 Å². The van der Waals surface area contributed by atoms with E-state index in [0.717, 1.165) is 12.1 Å². The third-order valence-electron chi connectivity index (χ3n) is 3.34. The van der Waals surface area contributed by atoms with Gasteiger partial charge in [-0.3, -0.25) is 4.79 Å². The minimum absolute atomic E-state index is 0.167. The molecule has 3 nitrogen and oxygen atoms in total. The number of carbonyl (C=O) groups excluding carboxylic acids is 1. The summed E-state index contributed by atoms with van der Waals surface area (Å²) in [6.45, 7) is 0. The topological polar surface area (TPSA) is 42.2 Å². The molecule has 2 aromatic carbocycles. The molecular formula is C19H13F2NO2. The molecule has 0 saturated carbocycles. The first kappa shape index (κ1) is 15.7. The fraction of sp³-hybridized carbons (Fsp3) is 0. The van der Waals surface area contributed by atoms with E-state index in [1.54, 1.807) is 42.5 Å². The van der Waals surface area contributed by atoms with Crippen molar-refractivity contribution in [3.63, 3.8) is 0 Å². The second kappa shape index (κ2) is 6.91. The van der Waals surface area contributed by atoms with E-state index in [4.69, 9.17) is 4.42 Å². The molecule has 3 rings (SSSR count). The highest BCUT2D eigenvalue weighted by atomic mass is 19.2. The van der Waals surface area contributed by atoms with Gasteiger partial charge in [0.05, 0.1) is 11.8 Å². The van der Waals surface area contributed by atoms with Crippen LogP contribution in [0.1, 0.15) is 11.3 Å². The summed E-state index contributed by atoms with van der Waals surface area (Å²) in [5, 5.41) is 2.57. The Morgan fingerprint density at radius 3 is 2.42 bits per heavy atom. The van der Waals surface area contributed by atoms with E-state index >= 15 is 0 Å². The Kier molecular flexibility index (Phi) is 4.52. The van der Waals surface area contributed by atoms with Crippen LogP contribution in [0.3, 0.4) is 0 Å². The van der Waals surface area contributed by atoms with Crippen LogP contribution < -0.4 is 5.32 Å². The van der Waals surface area contributed by atoms with E-state index in [-0.39, 0.29) is 5.69 Å². The number of hydrogen-bond acceptors (Lipinski definition) is 2. The maximum absolute atomic E-state index is 13.3.